The number of nitrogens with one attached hydrogen (secondary N) is 1. The predicted molar refractivity (Wildman–Crippen MR) is 107 cm³/mol. The molecule has 134 valence electrons. The third-order valence-corrected chi connectivity index (χ3v) is 4.14. The van der Waals surface area contributed by atoms with E-state index < -0.39 is 0 Å². The molecule has 0 atom stereocenters. The van der Waals surface area contributed by atoms with E-state index in [9.17, 15) is 4.79 Å². The molecule has 0 aliphatic carbocycles. The fourth-order valence-electron chi connectivity index (χ4n) is 2.49. The smallest absolute Gasteiger partial charge is 0.242 e. The van der Waals surface area contributed by atoms with Gasteiger partial charge < -0.3 is 20.7 Å². The summed E-state index contributed by atoms with van der Waals surface area (Å²) in [5.41, 5.74) is 6.98. The van der Waals surface area contributed by atoms with Crippen molar-refractivity contribution in [3.63, 3.8) is 0 Å². The van der Waals surface area contributed by atoms with Crippen molar-refractivity contribution >= 4 is 35.8 Å². The maximum absolute atomic E-state index is 11.9. The predicted octanol–water partition coefficient (Wildman–Crippen LogP) is 1.98. The average molecular weight is 446 g/mol. The van der Waals surface area contributed by atoms with Crippen LogP contribution in [0.15, 0.2) is 29.3 Å². The van der Waals surface area contributed by atoms with Gasteiger partial charge in [0.15, 0.2) is 5.96 Å². The summed E-state index contributed by atoms with van der Waals surface area (Å²) in [5, 5.41) is 2.84. The highest BCUT2D eigenvalue weighted by Crippen LogP contribution is 2.15. The first-order valence-corrected chi connectivity index (χ1v) is 8.03. The minimum absolute atomic E-state index is 0. The van der Waals surface area contributed by atoms with E-state index in [1.54, 1.807) is 7.11 Å². The summed E-state index contributed by atoms with van der Waals surface area (Å²) < 4.78 is 5.10. The number of guanidine groups is 1. The molecule has 1 aromatic rings. The minimum atomic E-state index is -0.130. The number of carbonyl (C=O) groups is 1. The molecule has 3 N–H and O–H groups in total. The van der Waals surface area contributed by atoms with Gasteiger partial charge in [-0.1, -0.05) is 19.1 Å². The summed E-state index contributed by atoms with van der Waals surface area (Å²) in [6.45, 7) is 4.62. The molecule has 0 spiro atoms. The summed E-state index contributed by atoms with van der Waals surface area (Å²) in [6, 6.07) is 7.58. The number of rotatable bonds is 5. The Morgan fingerprint density at radius 1 is 1.33 bits per heavy atom. The monoisotopic (exact) mass is 446 g/mol. The number of halogens is 1. The third kappa shape index (κ3) is 6.54. The molecule has 0 saturated carbocycles. The molecule has 0 radical (unpaired) electrons. The molecule has 6 nitrogen and oxygen atoms in total. The number of carbonyl (C=O) groups excluding carboxylic acids is 1. The Labute approximate surface area is 160 Å². The van der Waals surface area contributed by atoms with Crippen LogP contribution < -0.4 is 15.8 Å². The summed E-state index contributed by atoms with van der Waals surface area (Å²) in [7, 11) is 1.63. The Morgan fingerprint density at radius 2 is 1.96 bits per heavy atom. The molecule has 1 fully saturated rings. The fraction of sp³-hybridized carbons (Fsp3) is 0.529. The first-order chi connectivity index (χ1) is 11.1. The minimum Gasteiger partial charge on any atom is -0.497 e. The molecule has 1 amide bonds. The number of hydrogen-bond acceptors (Lipinski definition) is 3. The molecular weight excluding hydrogens is 419 g/mol. The zero-order valence-electron chi connectivity index (χ0n) is 14.3. The lowest BCUT2D eigenvalue weighted by atomic mass is 10.00. The maximum Gasteiger partial charge on any atom is 0.242 e. The Morgan fingerprint density at radius 3 is 2.54 bits per heavy atom. The van der Waals surface area contributed by atoms with Gasteiger partial charge in [0.25, 0.3) is 0 Å². The van der Waals surface area contributed by atoms with Crippen molar-refractivity contribution in [2.24, 2.45) is 16.6 Å². The highest BCUT2D eigenvalue weighted by Gasteiger charge is 2.17. The lowest BCUT2D eigenvalue weighted by molar-refractivity contribution is -0.119. The van der Waals surface area contributed by atoms with Crippen LogP contribution in [-0.2, 0) is 11.3 Å². The van der Waals surface area contributed by atoms with Gasteiger partial charge in [-0.05, 0) is 36.5 Å². The molecular formula is C17H27IN4O2. The van der Waals surface area contributed by atoms with E-state index in [-0.39, 0.29) is 36.4 Å². The second kappa shape index (κ2) is 10.4. The molecule has 2 rings (SSSR count). The number of aliphatic imine (C=N–C) groups is 1. The number of ether oxygens (including phenoxy) is 1. The Hall–Kier alpha value is -1.51. The normalized spacial score (nSPS) is 15.6. The first kappa shape index (κ1) is 20.5. The van der Waals surface area contributed by atoms with Crippen molar-refractivity contribution in [2.75, 3.05) is 26.7 Å². The van der Waals surface area contributed by atoms with Crippen LogP contribution in [0.2, 0.25) is 0 Å². The largest absolute Gasteiger partial charge is 0.497 e. The molecule has 1 aromatic carbocycles. The summed E-state index contributed by atoms with van der Waals surface area (Å²) in [6.07, 6.45) is 2.25. The average Bonchev–Trinajstić information content (AvgIpc) is 2.59. The lowest BCUT2D eigenvalue weighted by Crippen LogP contribution is -2.43. The molecule has 1 aliphatic rings. The van der Waals surface area contributed by atoms with Crippen LogP contribution in [0.4, 0.5) is 0 Å². The SMILES string of the molecule is COc1ccc(CNC(=O)CN=C(N)N2CCC(C)CC2)cc1.I. The maximum atomic E-state index is 11.9. The fourth-order valence-corrected chi connectivity index (χ4v) is 2.49. The van der Waals surface area contributed by atoms with Crippen LogP contribution in [-0.4, -0.2) is 43.5 Å². The molecule has 0 aromatic heterocycles. The lowest BCUT2D eigenvalue weighted by Gasteiger charge is -2.30. The molecule has 1 aliphatic heterocycles. The van der Waals surface area contributed by atoms with E-state index in [0.29, 0.717) is 12.5 Å². The quantitative estimate of drug-likeness (QED) is 0.412. The number of piperidine rings is 1. The third-order valence-electron chi connectivity index (χ3n) is 4.14. The number of amides is 1. The van der Waals surface area contributed by atoms with E-state index in [1.165, 1.54) is 0 Å². The van der Waals surface area contributed by atoms with Gasteiger partial charge in [-0.3, -0.25) is 4.79 Å². The topological polar surface area (TPSA) is 79.9 Å². The van der Waals surface area contributed by atoms with Gasteiger partial charge in [0, 0.05) is 19.6 Å². The van der Waals surface area contributed by atoms with Gasteiger partial charge in [0.05, 0.1) is 7.11 Å². The van der Waals surface area contributed by atoms with Gasteiger partial charge in [0.2, 0.25) is 5.91 Å². The van der Waals surface area contributed by atoms with Gasteiger partial charge in [-0.2, -0.15) is 0 Å². The van der Waals surface area contributed by atoms with Crippen LogP contribution in [0, 0.1) is 5.92 Å². The van der Waals surface area contributed by atoms with E-state index >= 15 is 0 Å². The number of nitrogens with two attached hydrogens (primary N) is 1. The van der Waals surface area contributed by atoms with Gasteiger partial charge in [0.1, 0.15) is 12.3 Å². The number of nitrogens with zero attached hydrogens (tertiary/aromatic N) is 2. The molecule has 24 heavy (non-hydrogen) atoms. The van der Waals surface area contributed by atoms with E-state index in [4.69, 9.17) is 10.5 Å². The van der Waals surface area contributed by atoms with Crippen LogP contribution in [0.5, 0.6) is 5.75 Å². The summed E-state index contributed by atoms with van der Waals surface area (Å²) >= 11 is 0. The van der Waals surface area contributed by atoms with E-state index in [2.05, 4.69) is 22.1 Å². The Kier molecular flexibility index (Phi) is 8.88. The Bertz CT molecular complexity index is 540. The van der Waals surface area contributed by atoms with Gasteiger partial charge in [-0.15, -0.1) is 24.0 Å². The molecule has 0 unspecified atom stereocenters. The zero-order valence-corrected chi connectivity index (χ0v) is 16.7. The zero-order chi connectivity index (χ0) is 16.7. The van der Waals surface area contributed by atoms with Crippen molar-refractivity contribution in [3.8, 4) is 5.75 Å². The van der Waals surface area contributed by atoms with Crippen molar-refractivity contribution in [1.82, 2.24) is 10.2 Å². The molecule has 0 bridgehead atoms. The van der Waals surface area contributed by atoms with E-state index in [1.807, 2.05) is 24.3 Å². The number of hydrogen-bond donors (Lipinski definition) is 2. The Balaban J connectivity index is 0.00000288. The molecule has 7 heteroatoms. The van der Waals surface area contributed by atoms with Gasteiger partial charge in [-0.25, -0.2) is 4.99 Å². The van der Waals surface area contributed by atoms with Crippen molar-refractivity contribution in [2.45, 2.75) is 26.3 Å². The highest BCUT2D eigenvalue weighted by molar-refractivity contribution is 14.0. The van der Waals surface area contributed by atoms with Gasteiger partial charge >= 0.3 is 0 Å². The highest BCUT2D eigenvalue weighted by atomic mass is 127. The van der Waals surface area contributed by atoms with Crippen LogP contribution in [0.1, 0.15) is 25.3 Å². The number of likely N-dealkylation sites (tertiary alicyclic amines) is 1. The summed E-state index contributed by atoms with van der Waals surface area (Å²) in [5.74, 6) is 1.88. The van der Waals surface area contributed by atoms with Crippen LogP contribution in [0.3, 0.4) is 0 Å². The first-order valence-electron chi connectivity index (χ1n) is 8.03. The number of methoxy groups -OCH3 is 1. The van der Waals surface area contributed by atoms with Crippen molar-refractivity contribution in [1.29, 1.82) is 0 Å². The second-order valence-corrected chi connectivity index (χ2v) is 5.97. The van der Waals surface area contributed by atoms with E-state index in [0.717, 1.165) is 43.2 Å². The van der Waals surface area contributed by atoms with Crippen molar-refractivity contribution < 1.29 is 9.53 Å². The molecule has 1 saturated heterocycles. The standard InChI is InChI=1S/C17H26N4O2.HI/c1-13-7-9-21(10-8-13)17(18)20-12-16(22)19-11-14-3-5-15(23-2)6-4-14;/h3-6,13H,7-12H2,1-2H3,(H2,18,20)(H,19,22);1H. The summed E-state index contributed by atoms with van der Waals surface area (Å²) in [4.78, 5) is 18.1. The van der Waals surface area contributed by atoms with Crippen LogP contribution >= 0.6 is 24.0 Å². The van der Waals surface area contributed by atoms with Crippen LogP contribution in [0.25, 0.3) is 0 Å². The number of benzene rings is 1. The molecule has 1 heterocycles. The van der Waals surface area contributed by atoms with Crippen molar-refractivity contribution in [3.05, 3.63) is 29.8 Å². The second-order valence-electron chi connectivity index (χ2n) is 5.97.